The summed E-state index contributed by atoms with van der Waals surface area (Å²) in [5, 5.41) is 15.2. The number of aromatic nitrogens is 4. The molecule has 0 saturated heterocycles. The van der Waals surface area contributed by atoms with Crippen molar-refractivity contribution in [2.75, 3.05) is 33.5 Å². The second kappa shape index (κ2) is 8.28. The van der Waals surface area contributed by atoms with E-state index in [-0.39, 0.29) is 6.04 Å². The SMILES string of the molecule is COCCNC(C)c1nnnn1CCCOCC1CC1. The van der Waals surface area contributed by atoms with Gasteiger partial charge in [-0.05, 0) is 42.5 Å². The van der Waals surface area contributed by atoms with E-state index in [4.69, 9.17) is 9.47 Å². The van der Waals surface area contributed by atoms with Crippen molar-refractivity contribution in [1.82, 2.24) is 25.5 Å². The van der Waals surface area contributed by atoms with Crippen molar-refractivity contribution in [3.8, 4) is 0 Å². The van der Waals surface area contributed by atoms with Gasteiger partial charge >= 0.3 is 0 Å². The standard InChI is InChI=1S/C13H25N5O2/c1-11(14-6-9-19-2)13-15-16-17-18(13)7-3-8-20-10-12-4-5-12/h11-12,14H,3-10H2,1-2H3. The summed E-state index contributed by atoms with van der Waals surface area (Å²) in [4.78, 5) is 0. The van der Waals surface area contributed by atoms with Crippen LogP contribution in [0.15, 0.2) is 0 Å². The van der Waals surface area contributed by atoms with Gasteiger partial charge in [-0.2, -0.15) is 0 Å². The zero-order valence-corrected chi connectivity index (χ0v) is 12.4. The summed E-state index contributed by atoms with van der Waals surface area (Å²) in [5.41, 5.74) is 0. The molecule has 1 aromatic rings. The molecule has 1 aliphatic carbocycles. The number of aryl methyl sites for hydroxylation is 1. The topological polar surface area (TPSA) is 74.1 Å². The largest absolute Gasteiger partial charge is 0.383 e. The van der Waals surface area contributed by atoms with Crippen LogP contribution in [0.2, 0.25) is 0 Å². The third-order valence-electron chi connectivity index (χ3n) is 3.41. The highest BCUT2D eigenvalue weighted by atomic mass is 16.5. The van der Waals surface area contributed by atoms with Gasteiger partial charge in [-0.1, -0.05) is 0 Å². The fourth-order valence-corrected chi connectivity index (χ4v) is 2.00. The average Bonchev–Trinajstić information content (AvgIpc) is 3.15. The average molecular weight is 283 g/mol. The fourth-order valence-electron chi connectivity index (χ4n) is 2.00. The summed E-state index contributed by atoms with van der Waals surface area (Å²) in [6.07, 6.45) is 3.61. The van der Waals surface area contributed by atoms with E-state index in [2.05, 4.69) is 27.8 Å². The molecule has 0 amide bonds. The molecular formula is C13H25N5O2. The maximum Gasteiger partial charge on any atom is 0.167 e. The van der Waals surface area contributed by atoms with Gasteiger partial charge in [0.2, 0.25) is 0 Å². The molecule has 1 aliphatic rings. The van der Waals surface area contributed by atoms with Crippen LogP contribution in [0.1, 0.15) is 38.1 Å². The number of ether oxygens (including phenoxy) is 2. The van der Waals surface area contributed by atoms with Crippen LogP contribution in [0.3, 0.4) is 0 Å². The lowest BCUT2D eigenvalue weighted by molar-refractivity contribution is 0.118. The van der Waals surface area contributed by atoms with Gasteiger partial charge in [0.15, 0.2) is 5.82 Å². The summed E-state index contributed by atoms with van der Waals surface area (Å²) >= 11 is 0. The Morgan fingerprint density at radius 3 is 3.00 bits per heavy atom. The van der Waals surface area contributed by atoms with Crippen LogP contribution in [0.5, 0.6) is 0 Å². The summed E-state index contributed by atoms with van der Waals surface area (Å²) in [7, 11) is 1.69. The van der Waals surface area contributed by atoms with E-state index in [1.54, 1.807) is 7.11 Å². The van der Waals surface area contributed by atoms with E-state index in [1.165, 1.54) is 12.8 Å². The monoisotopic (exact) mass is 283 g/mol. The van der Waals surface area contributed by atoms with Crippen molar-refractivity contribution in [1.29, 1.82) is 0 Å². The number of hydrogen-bond acceptors (Lipinski definition) is 6. The number of methoxy groups -OCH3 is 1. The molecule has 2 rings (SSSR count). The third-order valence-corrected chi connectivity index (χ3v) is 3.41. The van der Waals surface area contributed by atoms with Crippen LogP contribution < -0.4 is 5.32 Å². The van der Waals surface area contributed by atoms with Crippen molar-refractivity contribution < 1.29 is 9.47 Å². The minimum absolute atomic E-state index is 0.118. The molecule has 1 unspecified atom stereocenters. The normalized spacial score (nSPS) is 16.5. The predicted molar refractivity (Wildman–Crippen MR) is 74.3 cm³/mol. The van der Waals surface area contributed by atoms with Gasteiger partial charge in [-0.3, -0.25) is 0 Å². The molecule has 1 atom stereocenters. The quantitative estimate of drug-likeness (QED) is 0.605. The Morgan fingerprint density at radius 1 is 1.40 bits per heavy atom. The molecule has 0 spiro atoms. The summed E-state index contributed by atoms with van der Waals surface area (Å²) < 4.78 is 12.5. The number of nitrogens with one attached hydrogen (secondary N) is 1. The van der Waals surface area contributed by atoms with Gasteiger partial charge in [-0.25, -0.2) is 4.68 Å². The Bertz CT molecular complexity index is 381. The van der Waals surface area contributed by atoms with Crippen molar-refractivity contribution >= 4 is 0 Å². The lowest BCUT2D eigenvalue weighted by atomic mass is 10.3. The van der Waals surface area contributed by atoms with E-state index in [0.717, 1.165) is 44.5 Å². The highest BCUT2D eigenvalue weighted by Gasteiger charge is 2.21. The Hall–Kier alpha value is -1.05. The van der Waals surface area contributed by atoms with E-state index in [9.17, 15) is 0 Å². The molecule has 0 radical (unpaired) electrons. The van der Waals surface area contributed by atoms with Crippen molar-refractivity contribution in [2.24, 2.45) is 5.92 Å². The summed E-state index contributed by atoms with van der Waals surface area (Å²) in [5.74, 6) is 1.69. The molecule has 7 heteroatoms. The Balaban J connectivity index is 1.66. The predicted octanol–water partition coefficient (Wildman–Crippen LogP) is 0.787. The van der Waals surface area contributed by atoms with Gasteiger partial charge in [0.25, 0.3) is 0 Å². The first-order chi connectivity index (χ1) is 9.81. The molecule has 0 bridgehead atoms. The van der Waals surface area contributed by atoms with Crippen molar-refractivity contribution in [2.45, 2.75) is 38.8 Å². The number of hydrogen-bond donors (Lipinski definition) is 1. The van der Waals surface area contributed by atoms with Crippen LogP contribution in [-0.4, -0.2) is 53.7 Å². The number of rotatable bonds is 11. The van der Waals surface area contributed by atoms with Crippen LogP contribution in [0, 0.1) is 5.92 Å². The molecule has 1 saturated carbocycles. The zero-order chi connectivity index (χ0) is 14.2. The van der Waals surface area contributed by atoms with E-state index >= 15 is 0 Å². The first-order valence-electron chi connectivity index (χ1n) is 7.37. The smallest absolute Gasteiger partial charge is 0.167 e. The molecule has 1 N–H and O–H groups in total. The van der Waals surface area contributed by atoms with Crippen LogP contribution >= 0.6 is 0 Å². The molecule has 0 aromatic carbocycles. The third kappa shape index (κ3) is 5.15. The first-order valence-corrected chi connectivity index (χ1v) is 7.37. The summed E-state index contributed by atoms with van der Waals surface area (Å²) in [6, 6.07) is 0.118. The van der Waals surface area contributed by atoms with Crippen LogP contribution in [-0.2, 0) is 16.0 Å². The second-order valence-electron chi connectivity index (χ2n) is 5.30. The molecule has 0 aliphatic heterocycles. The van der Waals surface area contributed by atoms with Gasteiger partial charge in [0.05, 0.1) is 12.6 Å². The second-order valence-corrected chi connectivity index (χ2v) is 5.30. The minimum atomic E-state index is 0.118. The Morgan fingerprint density at radius 2 is 2.25 bits per heavy atom. The van der Waals surface area contributed by atoms with Crippen LogP contribution in [0.25, 0.3) is 0 Å². The number of tetrazole rings is 1. The van der Waals surface area contributed by atoms with E-state index < -0.39 is 0 Å². The van der Waals surface area contributed by atoms with Gasteiger partial charge in [0.1, 0.15) is 0 Å². The molecule has 7 nitrogen and oxygen atoms in total. The van der Waals surface area contributed by atoms with Crippen molar-refractivity contribution in [3.63, 3.8) is 0 Å². The molecule has 1 aromatic heterocycles. The van der Waals surface area contributed by atoms with E-state index in [0.29, 0.717) is 6.61 Å². The maximum absolute atomic E-state index is 5.62. The first kappa shape index (κ1) is 15.3. The number of nitrogens with zero attached hydrogens (tertiary/aromatic N) is 4. The molecule has 1 fully saturated rings. The highest BCUT2D eigenvalue weighted by Crippen LogP contribution is 2.28. The summed E-state index contributed by atoms with van der Waals surface area (Å²) in [6.45, 7) is 6.01. The lowest BCUT2D eigenvalue weighted by Crippen LogP contribution is -2.26. The molecule has 20 heavy (non-hydrogen) atoms. The zero-order valence-electron chi connectivity index (χ0n) is 12.4. The molecule has 114 valence electrons. The Kier molecular flexibility index (Phi) is 6.35. The highest BCUT2D eigenvalue weighted by molar-refractivity contribution is 4.89. The van der Waals surface area contributed by atoms with Gasteiger partial charge in [-0.15, -0.1) is 5.10 Å². The maximum atomic E-state index is 5.62. The van der Waals surface area contributed by atoms with Crippen molar-refractivity contribution in [3.05, 3.63) is 5.82 Å². The molecular weight excluding hydrogens is 258 g/mol. The minimum Gasteiger partial charge on any atom is -0.383 e. The van der Waals surface area contributed by atoms with Crippen LogP contribution in [0.4, 0.5) is 0 Å². The Labute approximate surface area is 120 Å². The lowest BCUT2D eigenvalue weighted by Gasteiger charge is -2.13. The fraction of sp³-hybridized carbons (Fsp3) is 0.923. The van der Waals surface area contributed by atoms with E-state index in [1.807, 2.05) is 4.68 Å². The van der Waals surface area contributed by atoms with Gasteiger partial charge < -0.3 is 14.8 Å². The molecule has 1 heterocycles. The van der Waals surface area contributed by atoms with Gasteiger partial charge in [0, 0.05) is 33.4 Å².